The van der Waals surface area contributed by atoms with E-state index in [0.717, 1.165) is 30.2 Å². The summed E-state index contributed by atoms with van der Waals surface area (Å²) in [4.78, 5) is 33.7. The topological polar surface area (TPSA) is 100 Å². The van der Waals surface area contributed by atoms with Gasteiger partial charge in [0.25, 0.3) is 5.92 Å². The molecule has 0 aliphatic carbocycles. The summed E-state index contributed by atoms with van der Waals surface area (Å²) in [7, 11) is 1.13. The van der Waals surface area contributed by atoms with Crippen molar-refractivity contribution in [2.45, 2.75) is 64.1 Å². The third-order valence-electron chi connectivity index (χ3n) is 4.90. The van der Waals surface area contributed by atoms with Gasteiger partial charge < -0.3 is 18.9 Å². The van der Waals surface area contributed by atoms with Crippen LogP contribution < -0.4 is 9.47 Å². The highest BCUT2D eigenvalue weighted by atomic mass is 19.4. The molecule has 1 aromatic carbocycles. The Morgan fingerprint density at radius 3 is 2.25 bits per heavy atom. The van der Waals surface area contributed by atoms with Gasteiger partial charge in [-0.1, -0.05) is 0 Å². The molecule has 0 unspecified atom stereocenters. The molecule has 1 aliphatic rings. The van der Waals surface area contributed by atoms with E-state index in [1.807, 2.05) is 0 Å². The van der Waals surface area contributed by atoms with Crippen LogP contribution in [0.2, 0.25) is 0 Å². The van der Waals surface area contributed by atoms with Crippen molar-refractivity contribution in [3.05, 3.63) is 23.9 Å². The molecule has 1 aliphatic heterocycles. The fourth-order valence-corrected chi connectivity index (χ4v) is 3.51. The van der Waals surface area contributed by atoms with Gasteiger partial charge in [-0.25, -0.2) is 19.6 Å². The normalized spacial score (nSPS) is 18.8. The SMILES string of the molecule is COC(=O)[C@@H]1C[C@@H](Oc2nc3ccc(OC(F)(F)F)cc3nc2C(C)(F)F)CN1C(=O)OC(C)(C)C. The Bertz CT molecular complexity index is 1150. The Kier molecular flexibility index (Phi) is 7.19. The number of methoxy groups -OCH3 is 1. The summed E-state index contributed by atoms with van der Waals surface area (Å²) < 4.78 is 85.9. The predicted molar refractivity (Wildman–Crippen MR) is 114 cm³/mol. The lowest BCUT2D eigenvalue weighted by Crippen LogP contribution is -2.44. The summed E-state index contributed by atoms with van der Waals surface area (Å²) in [5.74, 6) is -5.61. The minimum Gasteiger partial charge on any atom is -0.471 e. The van der Waals surface area contributed by atoms with Crippen LogP contribution >= 0.6 is 0 Å². The maximum absolute atomic E-state index is 14.4. The van der Waals surface area contributed by atoms with E-state index in [1.54, 1.807) is 20.8 Å². The van der Waals surface area contributed by atoms with E-state index in [9.17, 15) is 31.5 Å². The van der Waals surface area contributed by atoms with Crippen molar-refractivity contribution in [1.29, 1.82) is 0 Å². The second-order valence-corrected chi connectivity index (χ2v) is 9.11. The molecule has 1 fully saturated rings. The molecule has 9 nitrogen and oxygen atoms in total. The van der Waals surface area contributed by atoms with Crippen LogP contribution in [0.1, 0.15) is 39.8 Å². The number of rotatable bonds is 5. The Hall–Kier alpha value is -3.45. The first-order chi connectivity index (χ1) is 16.5. The van der Waals surface area contributed by atoms with E-state index < -0.39 is 59.4 Å². The fraction of sp³-hybridized carbons (Fsp3) is 0.545. The Labute approximate surface area is 202 Å². The van der Waals surface area contributed by atoms with Crippen molar-refractivity contribution in [1.82, 2.24) is 14.9 Å². The van der Waals surface area contributed by atoms with E-state index in [2.05, 4.69) is 14.7 Å². The lowest BCUT2D eigenvalue weighted by Gasteiger charge is -2.27. The first-order valence-corrected chi connectivity index (χ1v) is 10.7. The van der Waals surface area contributed by atoms with Crippen molar-refractivity contribution in [2.75, 3.05) is 13.7 Å². The number of benzene rings is 1. The van der Waals surface area contributed by atoms with Gasteiger partial charge in [0.05, 0.1) is 24.7 Å². The molecular weight excluding hydrogens is 497 g/mol. The van der Waals surface area contributed by atoms with Crippen LogP contribution in [0.25, 0.3) is 11.0 Å². The van der Waals surface area contributed by atoms with Gasteiger partial charge in [-0.15, -0.1) is 13.2 Å². The molecule has 3 rings (SSSR count). The molecular formula is C22H24F5N3O6. The zero-order chi connectivity index (χ0) is 27.1. The molecule has 1 amide bonds. The zero-order valence-corrected chi connectivity index (χ0v) is 20.0. The number of alkyl halides is 5. The van der Waals surface area contributed by atoms with Crippen LogP contribution in [-0.4, -0.2) is 64.7 Å². The van der Waals surface area contributed by atoms with E-state index in [1.165, 1.54) is 0 Å². The van der Waals surface area contributed by atoms with Crippen LogP contribution in [0.15, 0.2) is 18.2 Å². The number of nitrogens with zero attached hydrogens (tertiary/aromatic N) is 3. The van der Waals surface area contributed by atoms with Gasteiger partial charge >= 0.3 is 18.4 Å². The largest absolute Gasteiger partial charge is 0.573 e. The van der Waals surface area contributed by atoms with Crippen LogP contribution in [0.4, 0.5) is 26.7 Å². The molecule has 0 N–H and O–H groups in total. The molecule has 0 bridgehead atoms. The van der Waals surface area contributed by atoms with Crippen LogP contribution in [0.5, 0.6) is 11.6 Å². The van der Waals surface area contributed by atoms with Crippen molar-refractivity contribution in [3.63, 3.8) is 0 Å². The molecule has 0 saturated carbocycles. The van der Waals surface area contributed by atoms with E-state index >= 15 is 0 Å². The maximum Gasteiger partial charge on any atom is 0.573 e. The highest BCUT2D eigenvalue weighted by Gasteiger charge is 2.44. The quantitative estimate of drug-likeness (QED) is 0.417. The van der Waals surface area contributed by atoms with Gasteiger partial charge in [0.15, 0.2) is 5.69 Å². The third kappa shape index (κ3) is 6.61. The highest BCUT2D eigenvalue weighted by molar-refractivity contribution is 5.82. The number of carbonyl (C=O) groups is 2. The number of carbonyl (C=O) groups excluding carboxylic acids is 2. The molecule has 2 aromatic rings. The smallest absolute Gasteiger partial charge is 0.471 e. The van der Waals surface area contributed by atoms with Crippen LogP contribution in [0.3, 0.4) is 0 Å². The van der Waals surface area contributed by atoms with Gasteiger partial charge in [0, 0.05) is 19.4 Å². The van der Waals surface area contributed by atoms with E-state index in [-0.39, 0.29) is 24.0 Å². The number of hydrogen-bond acceptors (Lipinski definition) is 8. The monoisotopic (exact) mass is 521 g/mol. The van der Waals surface area contributed by atoms with Gasteiger partial charge in [-0.3, -0.25) is 4.90 Å². The van der Waals surface area contributed by atoms with Gasteiger partial charge in [0.1, 0.15) is 23.5 Å². The molecule has 2 heterocycles. The maximum atomic E-state index is 14.4. The number of halogens is 5. The predicted octanol–water partition coefficient (Wildman–Crippen LogP) is 4.57. The number of aromatic nitrogens is 2. The lowest BCUT2D eigenvalue weighted by atomic mass is 10.2. The first kappa shape index (κ1) is 27.1. The summed E-state index contributed by atoms with van der Waals surface area (Å²) in [6.07, 6.45) is -6.90. The number of ether oxygens (including phenoxy) is 4. The summed E-state index contributed by atoms with van der Waals surface area (Å²) in [6, 6.07) is 1.77. The standard InChI is InChI=1S/C22H24F5N3O6/c1-20(2,3)36-19(32)30-10-12(9-15(30)18(31)33-5)34-17-16(21(4,23)24)28-14-8-11(35-22(25,26)27)6-7-13(14)29-17/h6-8,12,15H,9-10H2,1-5H3/t12-,15+/m1/s1. The summed E-state index contributed by atoms with van der Waals surface area (Å²) in [6.45, 7) is 5.21. The van der Waals surface area contributed by atoms with Gasteiger partial charge in [0.2, 0.25) is 5.88 Å². The van der Waals surface area contributed by atoms with Gasteiger partial charge in [-0.05, 0) is 32.9 Å². The first-order valence-electron chi connectivity index (χ1n) is 10.7. The number of hydrogen-bond donors (Lipinski definition) is 0. The Balaban J connectivity index is 1.94. The van der Waals surface area contributed by atoms with Crippen LogP contribution in [0, 0.1) is 0 Å². The van der Waals surface area contributed by atoms with Crippen molar-refractivity contribution >= 4 is 23.1 Å². The van der Waals surface area contributed by atoms with E-state index in [4.69, 9.17) is 14.2 Å². The van der Waals surface area contributed by atoms with Crippen LogP contribution in [-0.2, 0) is 20.2 Å². The third-order valence-corrected chi connectivity index (χ3v) is 4.90. The van der Waals surface area contributed by atoms with Crippen molar-refractivity contribution < 1.29 is 50.5 Å². The minimum absolute atomic E-state index is 0.0426. The summed E-state index contributed by atoms with van der Waals surface area (Å²) in [5.41, 5.74) is -2.13. The molecule has 36 heavy (non-hydrogen) atoms. The zero-order valence-electron chi connectivity index (χ0n) is 20.0. The lowest BCUT2D eigenvalue weighted by molar-refractivity contribution is -0.274. The molecule has 0 radical (unpaired) electrons. The van der Waals surface area contributed by atoms with Gasteiger partial charge in [-0.2, -0.15) is 8.78 Å². The Morgan fingerprint density at radius 2 is 1.69 bits per heavy atom. The van der Waals surface area contributed by atoms with Crippen molar-refractivity contribution in [2.24, 2.45) is 0 Å². The molecule has 1 saturated heterocycles. The molecule has 14 heteroatoms. The number of likely N-dealkylation sites (tertiary alicyclic amines) is 1. The molecule has 2 atom stereocenters. The Morgan fingerprint density at radius 1 is 1.03 bits per heavy atom. The number of esters is 1. The second kappa shape index (κ2) is 9.54. The summed E-state index contributed by atoms with van der Waals surface area (Å²) >= 11 is 0. The second-order valence-electron chi connectivity index (χ2n) is 9.11. The van der Waals surface area contributed by atoms with E-state index in [0.29, 0.717) is 6.92 Å². The van der Waals surface area contributed by atoms with Crippen molar-refractivity contribution in [3.8, 4) is 11.6 Å². The average Bonchev–Trinajstić information content (AvgIpc) is 3.13. The highest BCUT2D eigenvalue weighted by Crippen LogP contribution is 2.36. The number of fused-ring (bicyclic) bond motifs is 1. The average molecular weight is 521 g/mol. The minimum atomic E-state index is -4.99. The number of amides is 1. The molecule has 198 valence electrons. The summed E-state index contributed by atoms with van der Waals surface area (Å²) in [5, 5.41) is 0. The molecule has 1 aromatic heterocycles. The fourth-order valence-electron chi connectivity index (χ4n) is 3.51. The molecule has 0 spiro atoms.